The van der Waals surface area contributed by atoms with Crippen molar-refractivity contribution in [1.29, 1.82) is 5.26 Å². The van der Waals surface area contributed by atoms with E-state index in [0.717, 1.165) is 59.3 Å². The molecule has 30 heavy (non-hydrogen) atoms. The topological polar surface area (TPSA) is 65.8 Å². The van der Waals surface area contributed by atoms with E-state index in [4.69, 9.17) is 4.98 Å². The Hall–Kier alpha value is -1.71. The standard InChI is InChI=1S/C24H28BrN3OS/c1-23(2,3)22-27-19(15-8-10-16(25)11-9-15)20(30-22)17-6-4-5-7-18(17)21(29)28-24(14-26)12-13-24/h8-11,17-18H,4-7,12-13H2,1-3H3,(H,28,29)/t17-,18-/m1/s1. The third-order valence-corrected chi connectivity index (χ3v) is 8.32. The lowest BCUT2D eigenvalue weighted by atomic mass is 9.77. The summed E-state index contributed by atoms with van der Waals surface area (Å²) in [5, 5.41) is 13.6. The number of amides is 1. The molecule has 4 rings (SSSR count). The zero-order valence-electron chi connectivity index (χ0n) is 17.8. The Labute approximate surface area is 191 Å². The summed E-state index contributed by atoms with van der Waals surface area (Å²) >= 11 is 5.29. The highest BCUT2D eigenvalue weighted by molar-refractivity contribution is 9.10. The third-order valence-electron chi connectivity index (χ3n) is 6.18. The second kappa shape index (κ2) is 8.09. The molecule has 1 amide bonds. The van der Waals surface area contributed by atoms with Crippen molar-refractivity contribution in [2.24, 2.45) is 5.92 Å². The number of nitrogens with zero attached hydrogens (tertiary/aromatic N) is 2. The van der Waals surface area contributed by atoms with Gasteiger partial charge in [-0.1, -0.05) is 61.7 Å². The maximum Gasteiger partial charge on any atom is 0.224 e. The minimum atomic E-state index is -0.613. The molecule has 2 saturated carbocycles. The summed E-state index contributed by atoms with van der Waals surface area (Å²) in [7, 11) is 0. The maximum atomic E-state index is 13.2. The van der Waals surface area contributed by atoms with Gasteiger partial charge in [0.25, 0.3) is 0 Å². The van der Waals surface area contributed by atoms with Crippen LogP contribution < -0.4 is 5.32 Å². The Bertz CT molecular complexity index is 979. The molecule has 2 aliphatic carbocycles. The Morgan fingerprint density at radius 3 is 2.50 bits per heavy atom. The Kier molecular flexibility index (Phi) is 5.80. The van der Waals surface area contributed by atoms with Gasteiger partial charge in [-0.2, -0.15) is 5.26 Å². The fourth-order valence-electron chi connectivity index (χ4n) is 4.20. The molecule has 2 aromatic rings. The first-order valence-corrected chi connectivity index (χ1v) is 12.3. The van der Waals surface area contributed by atoms with Crippen LogP contribution in [-0.4, -0.2) is 16.4 Å². The van der Waals surface area contributed by atoms with E-state index < -0.39 is 5.54 Å². The van der Waals surface area contributed by atoms with Crippen LogP contribution in [0, 0.1) is 17.2 Å². The summed E-state index contributed by atoms with van der Waals surface area (Å²) in [6.07, 6.45) is 5.59. The van der Waals surface area contributed by atoms with Crippen LogP contribution in [0.15, 0.2) is 28.7 Å². The fraction of sp³-hybridized carbons (Fsp3) is 0.542. The van der Waals surface area contributed by atoms with Crippen LogP contribution in [0.3, 0.4) is 0 Å². The van der Waals surface area contributed by atoms with Gasteiger partial charge in [-0.25, -0.2) is 4.98 Å². The van der Waals surface area contributed by atoms with E-state index in [0.29, 0.717) is 0 Å². The molecule has 0 bridgehead atoms. The number of nitrogens with one attached hydrogen (secondary N) is 1. The van der Waals surface area contributed by atoms with Crippen LogP contribution in [0.25, 0.3) is 11.3 Å². The van der Waals surface area contributed by atoms with Crippen molar-refractivity contribution in [3.63, 3.8) is 0 Å². The van der Waals surface area contributed by atoms with Crippen molar-refractivity contribution in [3.05, 3.63) is 38.6 Å². The van der Waals surface area contributed by atoms with Crippen LogP contribution in [0.5, 0.6) is 0 Å². The number of hydrogen-bond donors (Lipinski definition) is 1. The summed E-state index contributed by atoms with van der Waals surface area (Å²) < 4.78 is 1.04. The minimum Gasteiger partial charge on any atom is -0.338 e. The van der Waals surface area contributed by atoms with E-state index in [9.17, 15) is 10.1 Å². The number of hydrogen-bond acceptors (Lipinski definition) is 4. The SMILES string of the molecule is CC(C)(C)c1nc(-c2ccc(Br)cc2)c([C@@H]2CCCC[C@H]2C(=O)NC2(C#N)CC2)s1. The predicted molar refractivity (Wildman–Crippen MR) is 124 cm³/mol. The first-order valence-electron chi connectivity index (χ1n) is 10.7. The highest BCUT2D eigenvalue weighted by Crippen LogP contribution is 2.47. The Balaban J connectivity index is 1.72. The van der Waals surface area contributed by atoms with Gasteiger partial charge in [0.05, 0.1) is 16.8 Å². The van der Waals surface area contributed by atoms with Gasteiger partial charge in [0.15, 0.2) is 0 Å². The molecular weight excluding hydrogens is 458 g/mol. The zero-order valence-corrected chi connectivity index (χ0v) is 20.2. The fourth-order valence-corrected chi connectivity index (χ4v) is 5.80. The molecule has 0 radical (unpaired) electrons. The third kappa shape index (κ3) is 4.33. The molecule has 2 aliphatic rings. The number of thiazole rings is 1. The van der Waals surface area contributed by atoms with Gasteiger partial charge >= 0.3 is 0 Å². The monoisotopic (exact) mass is 485 g/mol. The van der Waals surface area contributed by atoms with Crippen molar-refractivity contribution in [2.45, 2.75) is 76.2 Å². The molecule has 158 valence electrons. The normalized spacial score (nSPS) is 22.9. The number of rotatable bonds is 4. The number of aromatic nitrogens is 1. The molecule has 0 spiro atoms. The van der Waals surface area contributed by atoms with Gasteiger partial charge in [-0.05, 0) is 37.8 Å². The van der Waals surface area contributed by atoms with E-state index in [-0.39, 0.29) is 23.2 Å². The van der Waals surface area contributed by atoms with Crippen molar-refractivity contribution in [2.75, 3.05) is 0 Å². The molecule has 2 atom stereocenters. The van der Waals surface area contributed by atoms with Crippen LogP contribution in [0.1, 0.15) is 75.1 Å². The number of halogens is 1. The number of carbonyl (C=O) groups excluding carboxylic acids is 1. The molecule has 1 N–H and O–H groups in total. The quantitative estimate of drug-likeness (QED) is 0.550. The molecule has 4 nitrogen and oxygen atoms in total. The lowest BCUT2D eigenvalue weighted by molar-refractivity contribution is -0.127. The second-order valence-corrected chi connectivity index (χ2v) is 11.6. The summed E-state index contributed by atoms with van der Waals surface area (Å²) in [4.78, 5) is 19.5. The Morgan fingerprint density at radius 2 is 1.90 bits per heavy atom. The number of nitriles is 1. The molecule has 0 saturated heterocycles. The smallest absolute Gasteiger partial charge is 0.224 e. The van der Waals surface area contributed by atoms with Crippen LogP contribution >= 0.6 is 27.3 Å². The van der Waals surface area contributed by atoms with Crippen molar-refractivity contribution in [3.8, 4) is 17.3 Å². The van der Waals surface area contributed by atoms with E-state index >= 15 is 0 Å². The van der Waals surface area contributed by atoms with Gasteiger partial charge in [0.2, 0.25) is 5.91 Å². The van der Waals surface area contributed by atoms with E-state index in [1.165, 1.54) is 4.88 Å². The highest BCUT2D eigenvalue weighted by Gasteiger charge is 2.47. The molecule has 1 heterocycles. The number of benzene rings is 1. The highest BCUT2D eigenvalue weighted by atomic mass is 79.9. The second-order valence-electron chi connectivity index (χ2n) is 9.67. The van der Waals surface area contributed by atoms with Gasteiger partial charge in [-0.3, -0.25) is 4.79 Å². The predicted octanol–water partition coefficient (Wildman–Crippen LogP) is 6.32. The molecule has 0 aliphatic heterocycles. The molecule has 1 aromatic carbocycles. The minimum absolute atomic E-state index is 0.0433. The first kappa shape index (κ1) is 21.5. The van der Waals surface area contributed by atoms with Crippen LogP contribution in [0.2, 0.25) is 0 Å². The van der Waals surface area contributed by atoms with Gasteiger partial charge in [0, 0.05) is 32.2 Å². The van der Waals surface area contributed by atoms with Gasteiger partial charge < -0.3 is 5.32 Å². The van der Waals surface area contributed by atoms with Crippen LogP contribution in [-0.2, 0) is 10.2 Å². The number of carbonyl (C=O) groups is 1. The molecule has 6 heteroatoms. The average molecular weight is 486 g/mol. The van der Waals surface area contributed by atoms with E-state index in [1.807, 2.05) is 12.1 Å². The summed E-state index contributed by atoms with van der Waals surface area (Å²) in [5.41, 5.74) is 1.46. The molecule has 1 aromatic heterocycles. The maximum absolute atomic E-state index is 13.2. The van der Waals surface area contributed by atoms with Crippen molar-refractivity contribution < 1.29 is 4.79 Å². The Morgan fingerprint density at radius 1 is 1.23 bits per heavy atom. The largest absolute Gasteiger partial charge is 0.338 e. The van der Waals surface area contributed by atoms with Crippen molar-refractivity contribution >= 4 is 33.2 Å². The van der Waals surface area contributed by atoms with Gasteiger partial charge in [-0.15, -0.1) is 11.3 Å². The zero-order chi connectivity index (χ0) is 21.5. The summed E-state index contributed by atoms with van der Waals surface area (Å²) in [6, 6.07) is 10.6. The van der Waals surface area contributed by atoms with Gasteiger partial charge in [0.1, 0.15) is 5.54 Å². The lowest BCUT2D eigenvalue weighted by Crippen LogP contribution is -2.42. The van der Waals surface area contributed by atoms with Crippen LogP contribution in [0.4, 0.5) is 0 Å². The molecule has 0 unspecified atom stereocenters. The first-order chi connectivity index (χ1) is 14.2. The average Bonchev–Trinajstić information content (AvgIpc) is 3.34. The molecular formula is C24H28BrN3OS. The van der Waals surface area contributed by atoms with E-state index in [1.54, 1.807) is 11.3 Å². The van der Waals surface area contributed by atoms with Crippen molar-refractivity contribution in [1.82, 2.24) is 10.3 Å². The lowest BCUT2D eigenvalue weighted by Gasteiger charge is -2.31. The molecule has 2 fully saturated rings. The summed E-state index contributed by atoms with van der Waals surface area (Å²) in [5.74, 6) is 0.110. The van der Waals surface area contributed by atoms with E-state index in [2.05, 4.69) is 60.2 Å². The summed E-state index contributed by atoms with van der Waals surface area (Å²) in [6.45, 7) is 6.57.